The molecule has 0 atom stereocenters. The smallest absolute Gasteiger partial charge is 0.232 e. The van der Waals surface area contributed by atoms with Crippen molar-refractivity contribution in [1.29, 1.82) is 0 Å². The Kier molecular flexibility index (Phi) is 5.72. The molecular formula is C23H22N6O2S. The molecule has 3 aromatic heterocycles. The van der Waals surface area contributed by atoms with Crippen LogP contribution in [0.25, 0.3) is 11.5 Å². The zero-order chi connectivity index (χ0) is 21.9. The van der Waals surface area contributed by atoms with Gasteiger partial charge in [0.25, 0.3) is 0 Å². The van der Waals surface area contributed by atoms with Crippen molar-refractivity contribution in [3.8, 4) is 11.5 Å². The zero-order valence-electron chi connectivity index (χ0n) is 17.5. The van der Waals surface area contributed by atoms with Crippen LogP contribution >= 0.6 is 11.8 Å². The van der Waals surface area contributed by atoms with Crippen molar-refractivity contribution in [2.75, 3.05) is 5.32 Å². The molecule has 1 aromatic carbocycles. The van der Waals surface area contributed by atoms with E-state index in [1.54, 1.807) is 6.26 Å². The van der Waals surface area contributed by atoms with Gasteiger partial charge < -0.3 is 9.73 Å². The average Bonchev–Trinajstić information content (AvgIpc) is 3.31. The van der Waals surface area contributed by atoms with E-state index in [9.17, 15) is 4.79 Å². The van der Waals surface area contributed by atoms with Crippen LogP contribution in [0, 0.1) is 5.92 Å². The second-order valence-electron chi connectivity index (χ2n) is 7.64. The van der Waals surface area contributed by atoms with Crippen LogP contribution in [-0.2, 0) is 17.6 Å². The summed E-state index contributed by atoms with van der Waals surface area (Å²) in [6.45, 7) is 2.00. The lowest BCUT2D eigenvalue weighted by atomic mass is 10.1. The van der Waals surface area contributed by atoms with Gasteiger partial charge >= 0.3 is 0 Å². The maximum absolute atomic E-state index is 12.0. The molecule has 4 aromatic rings. The minimum Gasteiger partial charge on any atom is -0.463 e. The first kappa shape index (κ1) is 20.4. The molecule has 1 aliphatic carbocycles. The standard InChI is InChI=1S/C23H22N6O2S/c1-2-20-24-22(25-21-13-17(28-29-21)19-4-3-11-31-19)27-23(26-20)32-16-9-5-14(6-10-16)12-18(30)15-7-8-15/h3-6,9-11,13,15H,2,7-8,12H2,1H3,(H2,24,25,26,27,28,29). The Morgan fingerprint density at radius 3 is 2.75 bits per heavy atom. The molecule has 0 bridgehead atoms. The normalized spacial score (nSPS) is 13.3. The number of Topliss-reactive ketones (excluding diaryl/α,β-unsaturated/α-hetero) is 1. The average molecular weight is 447 g/mol. The van der Waals surface area contributed by atoms with Crippen LogP contribution in [0.4, 0.5) is 11.8 Å². The van der Waals surface area contributed by atoms with Gasteiger partial charge in [-0.25, -0.2) is 4.98 Å². The van der Waals surface area contributed by atoms with E-state index < -0.39 is 0 Å². The number of furan rings is 1. The minimum absolute atomic E-state index is 0.289. The molecule has 0 radical (unpaired) electrons. The highest BCUT2D eigenvalue weighted by molar-refractivity contribution is 7.99. The van der Waals surface area contributed by atoms with E-state index >= 15 is 0 Å². The van der Waals surface area contributed by atoms with Gasteiger partial charge in [-0.05, 0) is 54.4 Å². The summed E-state index contributed by atoms with van der Waals surface area (Å²) in [5.41, 5.74) is 1.81. The van der Waals surface area contributed by atoms with Crippen LogP contribution in [0.5, 0.6) is 0 Å². The van der Waals surface area contributed by atoms with Gasteiger partial charge in [-0.15, -0.1) is 0 Å². The number of aromatic nitrogens is 5. The molecule has 0 unspecified atom stereocenters. The lowest BCUT2D eigenvalue weighted by Gasteiger charge is -2.07. The third kappa shape index (κ3) is 4.88. The number of rotatable bonds is 9. The number of nitrogens with zero attached hydrogens (tertiary/aromatic N) is 4. The van der Waals surface area contributed by atoms with Crippen molar-refractivity contribution in [1.82, 2.24) is 25.1 Å². The molecule has 32 heavy (non-hydrogen) atoms. The number of hydrogen-bond donors (Lipinski definition) is 2. The van der Waals surface area contributed by atoms with Gasteiger partial charge in [0.15, 0.2) is 16.7 Å². The molecule has 3 heterocycles. The third-order valence-electron chi connectivity index (χ3n) is 5.13. The summed E-state index contributed by atoms with van der Waals surface area (Å²) in [5, 5.41) is 10.9. The van der Waals surface area contributed by atoms with Gasteiger partial charge in [0, 0.05) is 29.7 Å². The molecule has 0 amide bonds. The van der Waals surface area contributed by atoms with Crippen molar-refractivity contribution in [2.45, 2.75) is 42.7 Å². The van der Waals surface area contributed by atoms with Crippen LogP contribution in [0.1, 0.15) is 31.2 Å². The maximum Gasteiger partial charge on any atom is 0.232 e. The Balaban J connectivity index is 1.29. The molecule has 9 heteroatoms. The Bertz CT molecular complexity index is 1220. The molecule has 1 aliphatic rings. The van der Waals surface area contributed by atoms with Gasteiger partial charge in [-0.2, -0.15) is 15.1 Å². The Morgan fingerprint density at radius 1 is 1.19 bits per heavy atom. The highest BCUT2D eigenvalue weighted by Crippen LogP contribution is 2.31. The number of ketones is 1. The fraction of sp³-hybridized carbons (Fsp3) is 0.261. The predicted molar refractivity (Wildman–Crippen MR) is 121 cm³/mol. The largest absolute Gasteiger partial charge is 0.463 e. The first-order valence-electron chi connectivity index (χ1n) is 10.6. The number of hydrogen-bond acceptors (Lipinski definition) is 8. The highest BCUT2D eigenvalue weighted by Gasteiger charge is 2.29. The number of H-pyrrole nitrogens is 1. The summed E-state index contributed by atoms with van der Waals surface area (Å²) >= 11 is 1.46. The van der Waals surface area contributed by atoms with Gasteiger partial charge in [0.05, 0.1) is 6.26 Å². The van der Waals surface area contributed by atoms with Crippen molar-refractivity contribution in [3.05, 3.63) is 60.1 Å². The Labute approximate surface area is 189 Å². The Hall–Kier alpha value is -3.46. The van der Waals surface area contributed by atoms with E-state index in [-0.39, 0.29) is 5.92 Å². The fourth-order valence-corrected chi connectivity index (χ4v) is 4.01. The summed E-state index contributed by atoms with van der Waals surface area (Å²) in [6, 6.07) is 13.5. The number of carbonyl (C=O) groups excluding carboxylic acids is 1. The maximum atomic E-state index is 12.0. The minimum atomic E-state index is 0.289. The van der Waals surface area contributed by atoms with Gasteiger partial charge in [0.1, 0.15) is 17.3 Å². The molecular weight excluding hydrogens is 424 g/mol. The first-order chi connectivity index (χ1) is 15.7. The van der Waals surface area contributed by atoms with Crippen LogP contribution in [0.15, 0.2) is 63.2 Å². The SMILES string of the molecule is CCc1nc(Nc2cc(-c3ccco3)[nH]n2)nc(Sc2ccc(CC(=O)C3CC3)cc2)n1. The molecule has 0 aliphatic heterocycles. The number of aryl methyl sites for hydroxylation is 1. The molecule has 1 saturated carbocycles. The van der Waals surface area contributed by atoms with Crippen molar-refractivity contribution in [3.63, 3.8) is 0 Å². The quantitative estimate of drug-likeness (QED) is 0.376. The third-order valence-corrected chi connectivity index (χ3v) is 6.00. The number of benzene rings is 1. The molecule has 8 nitrogen and oxygen atoms in total. The summed E-state index contributed by atoms with van der Waals surface area (Å²) in [6.07, 6.45) is 4.91. The number of carbonyl (C=O) groups is 1. The highest BCUT2D eigenvalue weighted by atomic mass is 32.2. The van der Waals surface area contributed by atoms with Gasteiger partial charge in [-0.3, -0.25) is 9.89 Å². The molecule has 2 N–H and O–H groups in total. The first-order valence-corrected chi connectivity index (χ1v) is 11.4. The van der Waals surface area contributed by atoms with Crippen molar-refractivity contribution < 1.29 is 9.21 Å². The van der Waals surface area contributed by atoms with E-state index in [1.807, 2.05) is 49.4 Å². The van der Waals surface area contributed by atoms with Crippen LogP contribution < -0.4 is 5.32 Å². The molecule has 5 rings (SSSR count). The second-order valence-corrected chi connectivity index (χ2v) is 8.68. The summed E-state index contributed by atoms with van der Waals surface area (Å²) in [5.74, 6) is 3.05. The van der Waals surface area contributed by atoms with Crippen molar-refractivity contribution >= 4 is 29.3 Å². The molecule has 0 saturated heterocycles. The fourth-order valence-electron chi connectivity index (χ4n) is 3.25. The second kappa shape index (κ2) is 8.96. The molecule has 1 fully saturated rings. The van der Waals surface area contributed by atoms with Crippen LogP contribution in [0.2, 0.25) is 0 Å². The predicted octanol–water partition coefficient (Wildman–Crippen LogP) is 4.83. The van der Waals surface area contributed by atoms with E-state index in [0.717, 1.165) is 29.0 Å². The summed E-state index contributed by atoms with van der Waals surface area (Å²) in [4.78, 5) is 26.6. The lowest BCUT2D eigenvalue weighted by molar-refractivity contribution is -0.119. The van der Waals surface area contributed by atoms with Gasteiger partial charge in [-0.1, -0.05) is 19.1 Å². The summed E-state index contributed by atoms with van der Waals surface area (Å²) < 4.78 is 5.39. The summed E-state index contributed by atoms with van der Waals surface area (Å²) in [7, 11) is 0. The van der Waals surface area contributed by atoms with E-state index in [1.165, 1.54) is 11.8 Å². The Morgan fingerprint density at radius 2 is 2.03 bits per heavy atom. The van der Waals surface area contributed by atoms with Gasteiger partial charge in [0.2, 0.25) is 5.95 Å². The number of nitrogens with one attached hydrogen (secondary N) is 2. The number of aromatic amines is 1. The molecule has 162 valence electrons. The van der Waals surface area contributed by atoms with E-state index in [2.05, 4.69) is 30.5 Å². The lowest BCUT2D eigenvalue weighted by Crippen LogP contribution is -2.05. The molecule has 0 spiro atoms. The van der Waals surface area contributed by atoms with Crippen LogP contribution in [0.3, 0.4) is 0 Å². The van der Waals surface area contributed by atoms with Crippen LogP contribution in [-0.4, -0.2) is 30.9 Å². The van der Waals surface area contributed by atoms with Crippen molar-refractivity contribution in [2.24, 2.45) is 5.92 Å². The monoisotopic (exact) mass is 446 g/mol. The topological polar surface area (TPSA) is 110 Å². The van der Waals surface area contributed by atoms with E-state index in [0.29, 0.717) is 47.1 Å². The van der Waals surface area contributed by atoms with E-state index in [4.69, 9.17) is 4.42 Å². The number of anilines is 2. The zero-order valence-corrected chi connectivity index (χ0v) is 18.4.